The topological polar surface area (TPSA) is 66.8 Å². The number of morpholine rings is 1. The van der Waals surface area contributed by atoms with Crippen LogP contribution in [0.1, 0.15) is 16.8 Å². The van der Waals surface area contributed by atoms with Crippen molar-refractivity contribution in [1.29, 1.82) is 0 Å². The maximum atomic E-state index is 12.9. The molecule has 25 heavy (non-hydrogen) atoms. The molecule has 130 valence electrons. The summed E-state index contributed by atoms with van der Waals surface area (Å²) in [5.41, 5.74) is 2.32. The van der Waals surface area contributed by atoms with Crippen LogP contribution in [0.3, 0.4) is 0 Å². The molecule has 1 aliphatic heterocycles. The van der Waals surface area contributed by atoms with Crippen molar-refractivity contribution in [3.63, 3.8) is 0 Å². The predicted octanol–water partition coefficient (Wildman–Crippen LogP) is 3.32. The van der Waals surface area contributed by atoms with E-state index in [0.29, 0.717) is 23.7 Å². The molecule has 1 unspecified atom stereocenters. The molecule has 1 aliphatic rings. The second-order valence-electron chi connectivity index (χ2n) is 5.90. The smallest absolute Gasteiger partial charge is 0.306 e. The number of carboxylic acids is 1. The lowest BCUT2D eigenvalue weighted by Gasteiger charge is -2.32. The van der Waals surface area contributed by atoms with E-state index in [1.807, 2.05) is 36.4 Å². The predicted molar refractivity (Wildman–Crippen MR) is 94.8 cm³/mol. The van der Waals surface area contributed by atoms with E-state index in [9.17, 15) is 9.59 Å². The Morgan fingerprint density at radius 2 is 1.92 bits per heavy atom. The van der Waals surface area contributed by atoms with Gasteiger partial charge in [0.15, 0.2) is 0 Å². The lowest BCUT2D eigenvalue weighted by Crippen LogP contribution is -2.46. The van der Waals surface area contributed by atoms with Crippen LogP contribution in [0.25, 0.3) is 11.1 Å². The van der Waals surface area contributed by atoms with E-state index in [2.05, 4.69) is 0 Å². The Bertz CT molecular complexity index is 778. The Morgan fingerprint density at radius 1 is 1.16 bits per heavy atom. The number of hydrogen-bond acceptors (Lipinski definition) is 3. The van der Waals surface area contributed by atoms with Gasteiger partial charge in [0.1, 0.15) is 0 Å². The van der Waals surface area contributed by atoms with Crippen molar-refractivity contribution in [3.8, 4) is 11.1 Å². The molecule has 2 aromatic carbocycles. The van der Waals surface area contributed by atoms with Gasteiger partial charge >= 0.3 is 5.97 Å². The summed E-state index contributed by atoms with van der Waals surface area (Å²) in [5, 5.41) is 9.29. The van der Waals surface area contributed by atoms with Crippen molar-refractivity contribution >= 4 is 23.5 Å². The molecule has 1 saturated heterocycles. The molecule has 1 N–H and O–H groups in total. The van der Waals surface area contributed by atoms with E-state index >= 15 is 0 Å². The van der Waals surface area contributed by atoms with Gasteiger partial charge in [0.25, 0.3) is 5.91 Å². The number of amides is 1. The normalized spacial score (nSPS) is 17.3. The van der Waals surface area contributed by atoms with Crippen LogP contribution in [0.5, 0.6) is 0 Å². The van der Waals surface area contributed by atoms with Gasteiger partial charge in [-0.25, -0.2) is 0 Å². The number of halogens is 1. The molecular weight excluding hydrogens is 342 g/mol. The minimum atomic E-state index is -0.941. The standard InChI is InChI=1S/C19H18ClNO4/c20-17-7-6-14(13-4-2-1-3-5-13)10-16(17)19(24)21-8-9-25-15(12-21)11-18(22)23/h1-7,10,15H,8-9,11-12H2,(H,22,23). The van der Waals surface area contributed by atoms with Crippen molar-refractivity contribution in [1.82, 2.24) is 4.90 Å². The van der Waals surface area contributed by atoms with Gasteiger partial charge in [-0.05, 0) is 23.3 Å². The average Bonchev–Trinajstić information content (AvgIpc) is 2.62. The molecule has 1 fully saturated rings. The summed E-state index contributed by atoms with van der Waals surface area (Å²) in [5.74, 6) is -1.15. The Kier molecular flexibility index (Phi) is 5.36. The van der Waals surface area contributed by atoms with E-state index in [-0.39, 0.29) is 18.9 Å². The largest absolute Gasteiger partial charge is 0.481 e. The van der Waals surface area contributed by atoms with Gasteiger partial charge in [0.05, 0.1) is 29.7 Å². The molecule has 3 rings (SSSR count). The van der Waals surface area contributed by atoms with Crippen LogP contribution >= 0.6 is 11.6 Å². The first-order chi connectivity index (χ1) is 12.0. The highest BCUT2D eigenvalue weighted by Gasteiger charge is 2.27. The quantitative estimate of drug-likeness (QED) is 0.909. The number of rotatable bonds is 4. The fourth-order valence-corrected chi connectivity index (χ4v) is 3.09. The minimum Gasteiger partial charge on any atom is -0.481 e. The molecule has 0 bridgehead atoms. The molecule has 2 aromatic rings. The fourth-order valence-electron chi connectivity index (χ4n) is 2.89. The maximum absolute atomic E-state index is 12.9. The SMILES string of the molecule is O=C(O)CC1CN(C(=O)c2cc(-c3ccccc3)ccc2Cl)CCO1. The number of aliphatic carboxylic acids is 1. The summed E-state index contributed by atoms with van der Waals surface area (Å²) in [6, 6.07) is 15.1. The first-order valence-electron chi connectivity index (χ1n) is 8.02. The van der Waals surface area contributed by atoms with Crippen LogP contribution < -0.4 is 0 Å². The molecule has 1 amide bonds. The number of carbonyl (C=O) groups is 2. The maximum Gasteiger partial charge on any atom is 0.306 e. The molecule has 1 heterocycles. The minimum absolute atomic E-state index is 0.123. The molecular formula is C19H18ClNO4. The summed E-state index contributed by atoms with van der Waals surface area (Å²) >= 11 is 6.25. The molecule has 0 radical (unpaired) electrons. The fraction of sp³-hybridized carbons (Fsp3) is 0.263. The number of ether oxygens (including phenoxy) is 1. The summed E-state index contributed by atoms with van der Waals surface area (Å²) in [7, 11) is 0. The number of hydrogen-bond donors (Lipinski definition) is 1. The molecule has 0 aliphatic carbocycles. The number of carbonyl (C=O) groups excluding carboxylic acids is 1. The Balaban J connectivity index is 1.83. The van der Waals surface area contributed by atoms with Crippen molar-refractivity contribution < 1.29 is 19.4 Å². The number of nitrogens with zero attached hydrogens (tertiary/aromatic N) is 1. The highest BCUT2D eigenvalue weighted by Crippen LogP contribution is 2.26. The zero-order valence-corrected chi connectivity index (χ0v) is 14.3. The van der Waals surface area contributed by atoms with E-state index in [0.717, 1.165) is 11.1 Å². The molecule has 0 saturated carbocycles. The first kappa shape index (κ1) is 17.5. The van der Waals surface area contributed by atoms with Gasteiger partial charge in [0, 0.05) is 13.1 Å². The number of benzene rings is 2. The molecule has 5 nitrogen and oxygen atoms in total. The van der Waals surface area contributed by atoms with Gasteiger partial charge in [-0.1, -0.05) is 48.0 Å². The third-order valence-corrected chi connectivity index (χ3v) is 4.46. The van der Waals surface area contributed by atoms with E-state index in [1.165, 1.54) is 0 Å². The van der Waals surface area contributed by atoms with Crippen LogP contribution in [-0.4, -0.2) is 47.7 Å². The van der Waals surface area contributed by atoms with Gasteiger partial charge in [0.2, 0.25) is 0 Å². The third kappa shape index (κ3) is 4.18. The third-order valence-electron chi connectivity index (χ3n) is 4.13. The molecule has 1 atom stereocenters. The lowest BCUT2D eigenvalue weighted by atomic mass is 10.0. The Morgan fingerprint density at radius 3 is 2.64 bits per heavy atom. The second-order valence-corrected chi connectivity index (χ2v) is 6.31. The van der Waals surface area contributed by atoms with Crippen LogP contribution in [0.2, 0.25) is 5.02 Å². The average molecular weight is 360 g/mol. The van der Waals surface area contributed by atoms with Crippen molar-refractivity contribution in [2.45, 2.75) is 12.5 Å². The van der Waals surface area contributed by atoms with E-state index < -0.39 is 12.1 Å². The van der Waals surface area contributed by atoms with Crippen LogP contribution in [-0.2, 0) is 9.53 Å². The van der Waals surface area contributed by atoms with Crippen LogP contribution in [0.4, 0.5) is 0 Å². The summed E-state index contributed by atoms with van der Waals surface area (Å²) in [6.45, 7) is 0.984. The van der Waals surface area contributed by atoms with Crippen LogP contribution in [0, 0.1) is 0 Å². The van der Waals surface area contributed by atoms with Crippen molar-refractivity contribution in [2.75, 3.05) is 19.7 Å². The van der Waals surface area contributed by atoms with E-state index in [4.69, 9.17) is 21.4 Å². The highest BCUT2D eigenvalue weighted by atomic mass is 35.5. The Labute approximate surface area is 150 Å². The Hall–Kier alpha value is -2.37. The highest BCUT2D eigenvalue weighted by molar-refractivity contribution is 6.34. The molecule has 6 heteroatoms. The molecule has 0 aromatic heterocycles. The summed E-state index contributed by atoms with van der Waals surface area (Å²) in [6.07, 6.45) is -0.618. The zero-order chi connectivity index (χ0) is 17.8. The van der Waals surface area contributed by atoms with Gasteiger partial charge < -0.3 is 14.7 Å². The monoisotopic (exact) mass is 359 g/mol. The second kappa shape index (κ2) is 7.68. The van der Waals surface area contributed by atoms with Crippen LogP contribution in [0.15, 0.2) is 48.5 Å². The summed E-state index contributed by atoms with van der Waals surface area (Å²) < 4.78 is 5.42. The first-order valence-corrected chi connectivity index (χ1v) is 8.40. The van der Waals surface area contributed by atoms with Gasteiger partial charge in [-0.3, -0.25) is 9.59 Å². The van der Waals surface area contributed by atoms with Gasteiger partial charge in [-0.15, -0.1) is 0 Å². The zero-order valence-electron chi connectivity index (χ0n) is 13.5. The number of carboxylic acid groups (broad SMARTS) is 1. The summed E-state index contributed by atoms with van der Waals surface area (Å²) in [4.78, 5) is 25.3. The van der Waals surface area contributed by atoms with Crippen molar-refractivity contribution in [3.05, 3.63) is 59.1 Å². The van der Waals surface area contributed by atoms with E-state index in [1.54, 1.807) is 17.0 Å². The van der Waals surface area contributed by atoms with Gasteiger partial charge in [-0.2, -0.15) is 0 Å². The lowest BCUT2D eigenvalue weighted by molar-refractivity contribution is -0.141. The van der Waals surface area contributed by atoms with Crippen molar-refractivity contribution in [2.24, 2.45) is 0 Å². The molecule has 0 spiro atoms.